The standard InChI is InChI=1S/C41H25N5/c42-25-27-24-28(45-38-16-5-1-10-31(38)32-11-2-6-17-39(32)45)20-22-30(27)35-14-9-15-37(44-35)36-23-21-29(26-43-36)46-40-18-7-3-12-33(40)34-13-4-8-19-41(34)46/h1-24,26H. The topological polar surface area (TPSA) is 59.4 Å². The predicted octanol–water partition coefficient (Wildman–Crippen LogP) is 9.88. The molecule has 0 unspecified atom stereocenters. The van der Waals surface area contributed by atoms with Gasteiger partial charge in [-0.3, -0.25) is 4.98 Å². The van der Waals surface area contributed by atoms with Crippen molar-refractivity contribution in [3.05, 3.63) is 157 Å². The zero-order valence-electron chi connectivity index (χ0n) is 24.7. The molecule has 0 aliphatic carbocycles. The minimum atomic E-state index is 0.568. The molecule has 0 N–H and O–H groups in total. The second kappa shape index (κ2) is 10.3. The summed E-state index contributed by atoms with van der Waals surface area (Å²) in [6.45, 7) is 0. The molecule has 0 fully saturated rings. The molecule has 5 nitrogen and oxygen atoms in total. The van der Waals surface area contributed by atoms with E-state index in [0.29, 0.717) is 5.56 Å². The van der Waals surface area contributed by atoms with Gasteiger partial charge in [0.25, 0.3) is 0 Å². The van der Waals surface area contributed by atoms with Gasteiger partial charge < -0.3 is 9.13 Å². The van der Waals surface area contributed by atoms with E-state index in [4.69, 9.17) is 9.97 Å². The van der Waals surface area contributed by atoms with Crippen LogP contribution in [0, 0.1) is 11.3 Å². The zero-order valence-corrected chi connectivity index (χ0v) is 24.7. The highest BCUT2D eigenvalue weighted by atomic mass is 15.0. The number of para-hydroxylation sites is 4. The molecule has 9 aromatic rings. The predicted molar refractivity (Wildman–Crippen MR) is 186 cm³/mol. The van der Waals surface area contributed by atoms with Crippen molar-refractivity contribution in [3.63, 3.8) is 0 Å². The summed E-state index contributed by atoms with van der Waals surface area (Å²) in [4.78, 5) is 9.83. The number of nitrogens with zero attached hydrogens (tertiary/aromatic N) is 5. The number of pyridine rings is 2. The Morgan fingerprint density at radius 3 is 1.48 bits per heavy atom. The van der Waals surface area contributed by atoms with Gasteiger partial charge in [-0.05, 0) is 66.7 Å². The molecule has 5 aromatic carbocycles. The van der Waals surface area contributed by atoms with Crippen LogP contribution in [0.2, 0.25) is 0 Å². The van der Waals surface area contributed by atoms with Gasteiger partial charge in [0.1, 0.15) is 0 Å². The number of fused-ring (bicyclic) bond motifs is 6. The van der Waals surface area contributed by atoms with Gasteiger partial charge in [-0.2, -0.15) is 5.26 Å². The zero-order chi connectivity index (χ0) is 30.6. The first-order chi connectivity index (χ1) is 22.8. The van der Waals surface area contributed by atoms with Gasteiger partial charge in [0, 0.05) is 32.8 Å². The van der Waals surface area contributed by atoms with Gasteiger partial charge in [-0.15, -0.1) is 0 Å². The molecule has 0 bridgehead atoms. The summed E-state index contributed by atoms with van der Waals surface area (Å²) < 4.78 is 4.48. The first-order valence-electron chi connectivity index (χ1n) is 15.2. The molecular weight excluding hydrogens is 562 g/mol. The second-order valence-corrected chi connectivity index (χ2v) is 11.4. The number of hydrogen-bond acceptors (Lipinski definition) is 3. The summed E-state index contributed by atoms with van der Waals surface area (Å²) in [6, 6.07) is 52.1. The van der Waals surface area contributed by atoms with E-state index < -0.39 is 0 Å². The number of nitriles is 1. The van der Waals surface area contributed by atoms with Crippen molar-refractivity contribution in [2.45, 2.75) is 0 Å². The maximum absolute atomic E-state index is 10.3. The third-order valence-corrected chi connectivity index (χ3v) is 8.84. The maximum Gasteiger partial charge on any atom is 0.0999 e. The molecule has 4 aromatic heterocycles. The van der Waals surface area contributed by atoms with E-state index in [1.807, 2.05) is 42.6 Å². The highest BCUT2D eigenvalue weighted by molar-refractivity contribution is 6.10. The molecule has 0 saturated carbocycles. The molecule has 0 saturated heterocycles. The highest BCUT2D eigenvalue weighted by Crippen LogP contribution is 2.35. The Bertz CT molecular complexity index is 2550. The second-order valence-electron chi connectivity index (χ2n) is 11.4. The summed E-state index contributed by atoms with van der Waals surface area (Å²) >= 11 is 0. The lowest BCUT2D eigenvalue weighted by Gasteiger charge is -2.12. The fraction of sp³-hybridized carbons (Fsp3) is 0. The Balaban J connectivity index is 1.10. The number of benzene rings is 5. The van der Waals surface area contributed by atoms with Gasteiger partial charge in [-0.1, -0.05) is 78.9 Å². The first kappa shape index (κ1) is 25.9. The van der Waals surface area contributed by atoms with Gasteiger partial charge >= 0.3 is 0 Å². The molecule has 0 aliphatic heterocycles. The van der Waals surface area contributed by atoms with Crippen LogP contribution in [0.1, 0.15) is 5.56 Å². The van der Waals surface area contributed by atoms with Crippen LogP contribution >= 0.6 is 0 Å². The fourth-order valence-electron chi connectivity index (χ4n) is 6.79. The van der Waals surface area contributed by atoms with Crippen LogP contribution in [-0.4, -0.2) is 19.1 Å². The van der Waals surface area contributed by atoms with Crippen molar-refractivity contribution in [1.82, 2.24) is 19.1 Å². The largest absolute Gasteiger partial charge is 0.309 e. The Morgan fingerprint density at radius 1 is 0.457 bits per heavy atom. The van der Waals surface area contributed by atoms with E-state index in [9.17, 15) is 5.26 Å². The molecule has 0 aliphatic rings. The van der Waals surface area contributed by atoms with Crippen LogP contribution < -0.4 is 0 Å². The van der Waals surface area contributed by atoms with Crippen molar-refractivity contribution in [1.29, 1.82) is 5.26 Å². The van der Waals surface area contributed by atoms with Crippen molar-refractivity contribution >= 4 is 43.6 Å². The molecular formula is C41H25N5. The van der Waals surface area contributed by atoms with Crippen LogP contribution in [0.3, 0.4) is 0 Å². The Kier molecular flexibility index (Phi) is 5.81. The van der Waals surface area contributed by atoms with Crippen LogP contribution in [0.5, 0.6) is 0 Å². The van der Waals surface area contributed by atoms with Crippen LogP contribution in [0.25, 0.3) is 77.6 Å². The van der Waals surface area contributed by atoms with Crippen molar-refractivity contribution in [2.24, 2.45) is 0 Å². The van der Waals surface area contributed by atoms with Crippen molar-refractivity contribution in [3.8, 4) is 40.1 Å². The van der Waals surface area contributed by atoms with Crippen LogP contribution in [-0.2, 0) is 0 Å². The minimum absolute atomic E-state index is 0.568. The van der Waals surface area contributed by atoms with Crippen LogP contribution in [0.4, 0.5) is 0 Å². The molecule has 0 radical (unpaired) electrons. The molecule has 0 amide bonds. The highest BCUT2D eigenvalue weighted by Gasteiger charge is 2.16. The minimum Gasteiger partial charge on any atom is -0.309 e. The number of aromatic nitrogens is 4. The summed E-state index contributed by atoms with van der Waals surface area (Å²) in [6.07, 6.45) is 1.91. The quantitative estimate of drug-likeness (QED) is 0.206. The third kappa shape index (κ3) is 3.94. The molecule has 9 rings (SSSR count). The first-order valence-corrected chi connectivity index (χ1v) is 15.2. The molecule has 214 valence electrons. The van der Waals surface area contributed by atoms with E-state index in [-0.39, 0.29) is 0 Å². The normalized spacial score (nSPS) is 11.5. The maximum atomic E-state index is 10.3. The summed E-state index contributed by atoms with van der Waals surface area (Å²) in [5, 5.41) is 15.1. The van der Waals surface area contributed by atoms with E-state index in [1.54, 1.807) is 0 Å². The molecule has 0 spiro atoms. The van der Waals surface area contributed by atoms with E-state index in [0.717, 1.165) is 56.1 Å². The smallest absolute Gasteiger partial charge is 0.0999 e. The summed E-state index contributed by atoms with van der Waals surface area (Å²) in [5.41, 5.74) is 10.0. The fourth-order valence-corrected chi connectivity index (χ4v) is 6.79. The van der Waals surface area contributed by atoms with Gasteiger partial charge in [0.05, 0.1) is 62.7 Å². The number of hydrogen-bond donors (Lipinski definition) is 0. The average molecular weight is 588 g/mol. The lowest BCUT2D eigenvalue weighted by molar-refractivity contribution is 1.14. The molecule has 5 heteroatoms. The van der Waals surface area contributed by atoms with Gasteiger partial charge in [0.15, 0.2) is 0 Å². The SMILES string of the molecule is N#Cc1cc(-n2c3ccccc3c3ccccc32)ccc1-c1cccc(-c2ccc(-n3c4ccccc4c4ccccc43)cn2)n1. The Morgan fingerprint density at radius 2 is 0.957 bits per heavy atom. The van der Waals surface area contributed by atoms with Crippen molar-refractivity contribution < 1.29 is 0 Å². The van der Waals surface area contributed by atoms with Crippen molar-refractivity contribution in [2.75, 3.05) is 0 Å². The number of rotatable bonds is 4. The lowest BCUT2D eigenvalue weighted by Crippen LogP contribution is -1.98. The summed E-state index contributed by atoms with van der Waals surface area (Å²) in [5.74, 6) is 0. The van der Waals surface area contributed by atoms with E-state index in [2.05, 4.69) is 124 Å². The van der Waals surface area contributed by atoms with Gasteiger partial charge in [0.2, 0.25) is 0 Å². The molecule has 4 heterocycles. The summed E-state index contributed by atoms with van der Waals surface area (Å²) in [7, 11) is 0. The Labute approximate surface area is 264 Å². The molecule has 0 atom stereocenters. The Hall–Kier alpha value is -6.51. The monoisotopic (exact) mass is 587 g/mol. The van der Waals surface area contributed by atoms with Crippen LogP contribution in [0.15, 0.2) is 152 Å². The van der Waals surface area contributed by atoms with E-state index in [1.165, 1.54) is 21.5 Å². The lowest BCUT2D eigenvalue weighted by atomic mass is 10.0. The molecule has 46 heavy (non-hydrogen) atoms. The van der Waals surface area contributed by atoms with E-state index >= 15 is 0 Å². The third-order valence-electron chi connectivity index (χ3n) is 8.84. The van der Waals surface area contributed by atoms with Gasteiger partial charge in [-0.25, -0.2) is 4.98 Å². The average Bonchev–Trinajstić information content (AvgIpc) is 3.65.